The van der Waals surface area contributed by atoms with Crippen molar-refractivity contribution in [1.82, 2.24) is 10.2 Å². The molecule has 38 heavy (non-hydrogen) atoms. The van der Waals surface area contributed by atoms with Gasteiger partial charge in [-0.3, -0.25) is 13.9 Å². The van der Waals surface area contributed by atoms with Crippen LogP contribution in [0.1, 0.15) is 57.4 Å². The Balaban J connectivity index is 1.78. The summed E-state index contributed by atoms with van der Waals surface area (Å²) in [6.45, 7) is 2.09. The Morgan fingerprint density at radius 1 is 1.05 bits per heavy atom. The molecule has 11 heteroatoms. The van der Waals surface area contributed by atoms with Crippen LogP contribution in [0.5, 0.6) is 0 Å². The number of benzene rings is 2. The molecule has 0 unspecified atom stereocenters. The predicted molar refractivity (Wildman–Crippen MR) is 154 cm³/mol. The van der Waals surface area contributed by atoms with Gasteiger partial charge >= 0.3 is 0 Å². The minimum atomic E-state index is -3.60. The van der Waals surface area contributed by atoms with Crippen molar-refractivity contribution in [1.29, 1.82) is 0 Å². The van der Waals surface area contributed by atoms with Crippen LogP contribution in [0.4, 0.5) is 5.69 Å². The highest BCUT2D eigenvalue weighted by Gasteiger charge is 2.31. The van der Waals surface area contributed by atoms with Crippen molar-refractivity contribution in [3.05, 3.63) is 63.1 Å². The molecule has 0 aliphatic heterocycles. The number of nitrogens with zero attached hydrogens (tertiary/aromatic N) is 2. The molecule has 1 N–H and O–H groups in total. The molecule has 1 fully saturated rings. The van der Waals surface area contributed by atoms with E-state index >= 15 is 0 Å². The van der Waals surface area contributed by atoms with Gasteiger partial charge in [0.15, 0.2) is 0 Å². The summed E-state index contributed by atoms with van der Waals surface area (Å²) in [5.41, 5.74) is 1.10. The van der Waals surface area contributed by atoms with Crippen LogP contribution in [0, 0.1) is 0 Å². The SMILES string of the molecule is CC[C@@H](C(=O)NC1CCCC1)N(Cc1ccc(Cl)cc1Cl)C(=O)CCCN(c1cccc(Cl)c1)S(C)(=O)=O. The Bertz CT molecular complexity index is 1240. The van der Waals surface area contributed by atoms with E-state index in [9.17, 15) is 18.0 Å². The highest BCUT2D eigenvalue weighted by atomic mass is 35.5. The first-order valence-electron chi connectivity index (χ1n) is 12.8. The Hall–Kier alpha value is -2.00. The molecule has 2 aromatic carbocycles. The first kappa shape index (κ1) is 30.5. The average Bonchev–Trinajstić information content (AvgIpc) is 3.35. The number of carbonyl (C=O) groups is 2. The fourth-order valence-corrected chi connectivity index (χ4v) is 6.37. The molecule has 1 aliphatic rings. The molecule has 0 saturated heterocycles. The van der Waals surface area contributed by atoms with Gasteiger partial charge < -0.3 is 10.2 Å². The van der Waals surface area contributed by atoms with Crippen LogP contribution in [-0.2, 0) is 26.2 Å². The number of sulfonamides is 1. The molecule has 208 valence electrons. The quantitative estimate of drug-likeness (QED) is 0.320. The lowest BCUT2D eigenvalue weighted by Gasteiger charge is -2.32. The number of hydrogen-bond donors (Lipinski definition) is 1. The van der Waals surface area contributed by atoms with Gasteiger partial charge in [-0.1, -0.05) is 66.7 Å². The number of nitrogens with one attached hydrogen (secondary N) is 1. The van der Waals surface area contributed by atoms with E-state index in [1.165, 1.54) is 4.31 Å². The van der Waals surface area contributed by atoms with E-state index in [0.29, 0.717) is 32.7 Å². The van der Waals surface area contributed by atoms with Crippen molar-refractivity contribution in [2.45, 2.75) is 70.5 Å². The summed E-state index contributed by atoms with van der Waals surface area (Å²) in [6.07, 6.45) is 5.86. The average molecular weight is 603 g/mol. The standard InChI is InChI=1S/C27H34Cl3N3O4S/c1-3-25(27(35)31-22-9-4-5-10-22)32(18-19-13-14-21(29)17-24(19)30)26(34)12-7-15-33(38(2,36)37)23-11-6-8-20(28)16-23/h6,8,11,13-14,16-17,22,25H,3-5,7,9-10,12,15,18H2,1-2H3,(H,31,35)/t25-/m0/s1. The Morgan fingerprint density at radius 2 is 1.74 bits per heavy atom. The molecule has 3 rings (SSSR count). The normalized spacial score (nSPS) is 14.8. The summed E-state index contributed by atoms with van der Waals surface area (Å²) in [6, 6.07) is 11.0. The number of halogens is 3. The summed E-state index contributed by atoms with van der Waals surface area (Å²) < 4.78 is 26.2. The van der Waals surface area contributed by atoms with Crippen molar-refractivity contribution in [2.75, 3.05) is 17.1 Å². The van der Waals surface area contributed by atoms with Gasteiger partial charge in [0.25, 0.3) is 0 Å². The number of carbonyl (C=O) groups excluding carboxylic acids is 2. The van der Waals surface area contributed by atoms with Crippen molar-refractivity contribution < 1.29 is 18.0 Å². The number of hydrogen-bond acceptors (Lipinski definition) is 4. The molecule has 0 aromatic heterocycles. The molecule has 0 bridgehead atoms. The van der Waals surface area contributed by atoms with E-state index in [0.717, 1.165) is 31.9 Å². The fraction of sp³-hybridized carbons (Fsp3) is 0.481. The van der Waals surface area contributed by atoms with Gasteiger partial charge in [-0.25, -0.2) is 8.42 Å². The third-order valence-electron chi connectivity index (χ3n) is 6.69. The van der Waals surface area contributed by atoms with Gasteiger partial charge in [0.1, 0.15) is 6.04 Å². The van der Waals surface area contributed by atoms with Gasteiger partial charge in [0.2, 0.25) is 21.8 Å². The van der Waals surface area contributed by atoms with E-state index < -0.39 is 16.1 Å². The van der Waals surface area contributed by atoms with Crippen molar-refractivity contribution >= 4 is 62.3 Å². The van der Waals surface area contributed by atoms with Crippen molar-refractivity contribution in [3.63, 3.8) is 0 Å². The second-order valence-electron chi connectivity index (χ2n) is 9.59. The zero-order chi connectivity index (χ0) is 27.9. The summed E-state index contributed by atoms with van der Waals surface area (Å²) in [4.78, 5) is 28.4. The molecule has 1 saturated carbocycles. The molecule has 2 aromatic rings. The maximum absolute atomic E-state index is 13.6. The highest BCUT2D eigenvalue weighted by Crippen LogP contribution is 2.26. The highest BCUT2D eigenvalue weighted by molar-refractivity contribution is 7.92. The van der Waals surface area contributed by atoms with Gasteiger partial charge in [-0.05, 0) is 61.6 Å². The molecule has 1 aliphatic carbocycles. The third kappa shape index (κ3) is 8.50. The summed E-state index contributed by atoms with van der Waals surface area (Å²) in [5.74, 6) is -0.446. The molecule has 7 nitrogen and oxygen atoms in total. The van der Waals surface area contributed by atoms with Crippen LogP contribution in [0.3, 0.4) is 0 Å². The largest absolute Gasteiger partial charge is 0.352 e. The van der Waals surface area contributed by atoms with E-state index in [-0.39, 0.29) is 43.8 Å². The minimum Gasteiger partial charge on any atom is -0.352 e. The van der Waals surface area contributed by atoms with Gasteiger partial charge in [0, 0.05) is 40.6 Å². The maximum Gasteiger partial charge on any atom is 0.243 e. The molecule has 0 radical (unpaired) electrons. The van der Waals surface area contributed by atoms with Crippen LogP contribution in [0.25, 0.3) is 0 Å². The van der Waals surface area contributed by atoms with Crippen LogP contribution in [0.2, 0.25) is 15.1 Å². The zero-order valence-corrected chi connectivity index (χ0v) is 24.7. The molecule has 2 amide bonds. The monoisotopic (exact) mass is 601 g/mol. The smallest absolute Gasteiger partial charge is 0.243 e. The third-order valence-corrected chi connectivity index (χ3v) is 8.71. The van der Waals surface area contributed by atoms with E-state index in [1.54, 1.807) is 47.4 Å². The van der Waals surface area contributed by atoms with Gasteiger partial charge in [-0.2, -0.15) is 0 Å². The lowest BCUT2D eigenvalue weighted by molar-refractivity contribution is -0.141. The zero-order valence-electron chi connectivity index (χ0n) is 21.6. The first-order chi connectivity index (χ1) is 18.0. The molecule has 0 heterocycles. The first-order valence-corrected chi connectivity index (χ1v) is 15.7. The van der Waals surface area contributed by atoms with Gasteiger partial charge in [-0.15, -0.1) is 0 Å². The van der Waals surface area contributed by atoms with Crippen molar-refractivity contribution in [2.24, 2.45) is 0 Å². The number of anilines is 1. The van der Waals surface area contributed by atoms with Crippen LogP contribution in [0.15, 0.2) is 42.5 Å². The van der Waals surface area contributed by atoms with E-state index in [2.05, 4.69) is 5.32 Å². The van der Waals surface area contributed by atoms with Gasteiger partial charge in [0.05, 0.1) is 11.9 Å². The predicted octanol–water partition coefficient (Wildman–Crippen LogP) is 6.06. The topological polar surface area (TPSA) is 86.8 Å². The molecule has 0 spiro atoms. The summed E-state index contributed by atoms with van der Waals surface area (Å²) in [7, 11) is -3.60. The van der Waals surface area contributed by atoms with Crippen molar-refractivity contribution in [3.8, 4) is 0 Å². The Kier molecular flexibility index (Phi) is 11.2. The molecular weight excluding hydrogens is 569 g/mol. The lowest BCUT2D eigenvalue weighted by atomic mass is 10.1. The summed E-state index contributed by atoms with van der Waals surface area (Å²) >= 11 is 18.5. The van der Waals surface area contributed by atoms with E-state index in [1.807, 2.05) is 6.92 Å². The Labute approximate surface area is 240 Å². The second-order valence-corrected chi connectivity index (χ2v) is 12.8. The number of amides is 2. The Morgan fingerprint density at radius 3 is 2.34 bits per heavy atom. The fourth-order valence-electron chi connectivity index (χ4n) is 4.76. The number of rotatable bonds is 12. The molecular formula is C27H34Cl3N3O4S. The van der Waals surface area contributed by atoms with E-state index in [4.69, 9.17) is 34.8 Å². The minimum absolute atomic E-state index is 0.0466. The van der Waals surface area contributed by atoms with Crippen LogP contribution >= 0.6 is 34.8 Å². The maximum atomic E-state index is 13.6. The summed E-state index contributed by atoms with van der Waals surface area (Å²) in [5, 5.41) is 4.41. The van der Waals surface area contributed by atoms with Crippen LogP contribution in [-0.4, -0.2) is 50.0 Å². The molecule has 1 atom stereocenters. The second kappa shape index (κ2) is 13.9. The lowest BCUT2D eigenvalue weighted by Crippen LogP contribution is -2.51. The van der Waals surface area contributed by atoms with Crippen LogP contribution < -0.4 is 9.62 Å².